The molecule has 2 aliphatic rings. The highest BCUT2D eigenvalue weighted by Crippen LogP contribution is 2.47. The molecule has 0 atom stereocenters. The van der Waals surface area contributed by atoms with Crippen molar-refractivity contribution < 1.29 is 9.59 Å². The number of fused-ring (bicyclic) bond motifs is 2. The lowest BCUT2D eigenvalue weighted by molar-refractivity contribution is -0.122. The second kappa shape index (κ2) is 3.67. The molecule has 18 heavy (non-hydrogen) atoms. The van der Waals surface area contributed by atoms with Crippen LogP contribution in [0.5, 0.6) is 0 Å². The van der Waals surface area contributed by atoms with Crippen LogP contribution in [0.2, 0.25) is 0 Å². The second-order valence-corrected chi connectivity index (χ2v) is 5.48. The summed E-state index contributed by atoms with van der Waals surface area (Å²) in [4.78, 5) is 25.6. The molecule has 1 spiro atoms. The molecule has 0 N–H and O–H groups in total. The van der Waals surface area contributed by atoms with Crippen molar-refractivity contribution >= 4 is 11.7 Å². The van der Waals surface area contributed by atoms with Gasteiger partial charge in [0, 0.05) is 25.5 Å². The fraction of sp³-hybridized carbons (Fsp3) is 0.467. The quantitative estimate of drug-likeness (QED) is 0.701. The van der Waals surface area contributed by atoms with E-state index in [9.17, 15) is 9.59 Å². The summed E-state index contributed by atoms with van der Waals surface area (Å²) in [5.74, 6) is 0.421. The maximum atomic E-state index is 12.3. The number of carbonyl (C=O) groups excluding carboxylic acids is 2. The summed E-state index contributed by atoms with van der Waals surface area (Å²) in [6.07, 6.45) is 2.71. The van der Waals surface area contributed by atoms with Gasteiger partial charge >= 0.3 is 0 Å². The number of amides is 1. The summed E-state index contributed by atoms with van der Waals surface area (Å²) in [6.45, 7) is 2.00. The molecule has 3 rings (SSSR count). The number of aryl methyl sites for hydroxylation is 1. The Kier molecular flexibility index (Phi) is 2.34. The normalized spacial score (nSPS) is 21.6. The Labute approximate surface area is 107 Å². The number of Topliss-reactive ketones (excluding diaryl/α,β-unsaturated/α-hetero) is 1. The average molecular weight is 243 g/mol. The topological polar surface area (TPSA) is 37.4 Å². The van der Waals surface area contributed by atoms with Crippen molar-refractivity contribution in [1.29, 1.82) is 0 Å². The number of benzene rings is 1. The lowest BCUT2D eigenvalue weighted by atomic mass is 9.76. The standard InChI is InChI=1S/C15H17NO2/c1-10-3-4-13-12(9-10)14(18)16(2)15(13)7-5-11(17)6-8-15/h3-4,9H,5-8H2,1-2H3. The molecular formula is C15H17NO2. The predicted molar refractivity (Wildman–Crippen MR) is 68.4 cm³/mol. The van der Waals surface area contributed by atoms with Crippen LogP contribution < -0.4 is 0 Å². The molecule has 0 radical (unpaired) electrons. The van der Waals surface area contributed by atoms with Gasteiger partial charge in [-0.3, -0.25) is 9.59 Å². The van der Waals surface area contributed by atoms with Crippen molar-refractivity contribution in [2.45, 2.75) is 38.1 Å². The fourth-order valence-electron chi connectivity index (χ4n) is 3.34. The van der Waals surface area contributed by atoms with Crippen molar-refractivity contribution in [1.82, 2.24) is 4.90 Å². The number of rotatable bonds is 0. The third-order valence-corrected chi connectivity index (χ3v) is 4.49. The Morgan fingerprint density at radius 2 is 1.83 bits per heavy atom. The summed E-state index contributed by atoms with van der Waals surface area (Å²) < 4.78 is 0. The van der Waals surface area contributed by atoms with Crippen LogP contribution in [-0.2, 0) is 10.3 Å². The van der Waals surface area contributed by atoms with Gasteiger partial charge in [0.15, 0.2) is 0 Å². The van der Waals surface area contributed by atoms with Gasteiger partial charge in [-0.15, -0.1) is 0 Å². The minimum absolute atomic E-state index is 0.100. The maximum Gasteiger partial charge on any atom is 0.254 e. The molecule has 1 aliphatic carbocycles. The van der Waals surface area contributed by atoms with E-state index in [1.54, 1.807) is 0 Å². The minimum Gasteiger partial charge on any atom is -0.332 e. The van der Waals surface area contributed by atoms with Crippen molar-refractivity contribution in [3.63, 3.8) is 0 Å². The SMILES string of the molecule is Cc1ccc2c(c1)C(=O)N(C)C21CCC(=O)CC1. The van der Waals surface area contributed by atoms with E-state index in [4.69, 9.17) is 0 Å². The van der Waals surface area contributed by atoms with E-state index < -0.39 is 0 Å². The number of carbonyl (C=O) groups is 2. The Bertz CT molecular complexity index is 537. The largest absolute Gasteiger partial charge is 0.332 e. The van der Waals surface area contributed by atoms with E-state index in [0.29, 0.717) is 18.6 Å². The highest BCUT2D eigenvalue weighted by atomic mass is 16.2. The van der Waals surface area contributed by atoms with E-state index >= 15 is 0 Å². The number of ketones is 1. The zero-order chi connectivity index (χ0) is 12.9. The number of hydrogen-bond donors (Lipinski definition) is 0. The van der Waals surface area contributed by atoms with E-state index in [-0.39, 0.29) is 11.4 Å². The van der Waals surface area contributed by atoms with Crippen molar-refractivity contribution in [2.24, 2.45) is 0 Å². The summed E-state index contributed by atoms with van der Waals surface area (Å²) in [5, 5.41) is 0. The van der Waals surface area contributed by atoms with Crippen molar-refractivity contribution in [3.8, 4) is 0 Å². The van der Waals surface area contributed by atoms with Crippen LogP contribution in [0, 0.1) is 6.92 Å². The van der Waals surface area contributed by atoms with Gasteiger partial charge in [0.1, 0.15) is 5.78 Å². The molecule has 1 amide bonds. The first-order valence-corrected chi connectivity index (χ1v) is 6.45. The summed E-state index contributed by atoms with van der Waals surface area (Å²) in [5.41, 5.74) is 2.83. The van der Waals surface area contributed by atoms with E-state index in [1.165, 1.54) is 0 Å². The molecule has 1 aliphatic heterocycles. The molecular weight excluding hydrogens is 226 g/mol. The van der Waals surface area contributed by atoms with Crippen LogP contribution in [0.25, 0.3) is 0 Å². The highest BCUT2D eigenvalue weighted by molar-refractivity contribution is 6.00. The van der Waals surface area contributed by atoms with Crippen LogP contribution in [-0.4, -0.2) is 23.6 Å². The third-order valence-electron chi connectivity index (χ3n) is 4.49. The zero-order valence-corrected chi connectivity index (χ0v) is 10.8. The molecule has 3 heteroatoms. The molecule has 1 aromatic rings. The molecule has 0 saturated heterocycles. The monoisotopic (exact) mass is 243 g/mol. The maximum absolute atomic E-state index is 12.3. The molecule has 94 valence electrons. The van der Waals surface area contributed by atoms with Crippen LogP contribution in [0.3, 0.4) is 0 Å². The van der Waals surface area contributed by atoms with Crippen LogP contribution in [0.1, 0.15) is 47.2 Å². The van der Waals surface area contributed by atoms with E-state index in [2.05, 4.69) is 12.1 Å². The number of nitrogens with zero attached hydrogens (tertiary/aromatic N) is 1. The lowest BCUT2D eigenvalue weighted by Gasteiger charge is -2.39. The molecule has 1 aromatic carbocycles. The van der Waals surface area contributed by atoms with Crippen LogP contribution in [0.15, 0.2) is 18.2 Å². The summed E-state index contributed by atoms with van der Waals surface area (Å²) in [6, 6.07) is 6.10. The van der Waals surface area contributed by atoms with Gasteiger partial charge in [0.25, 0.3) is 5.91 Å². The number of hydrogen-bond acceptors (Lipinski definition) is 2. The molecule has 0 aromatic heterocycles. The van der Waals surface area contributed by atoms with E-state index in [0.717, 1.165) is 29.5 Å². The van der Waals surface area contributed by atoms with Gasteiger partial charge < -0.3 is 4.90 Å². The third kappa shape index (κ3) is 1.36. The van der Waals surface area contributed by atoms with Crippen molar-refractivity contribution in [3.05, 3.63) is 34.9 Å². The molecule has 1 saturated carbocycles. The summed E-state index contributed by atoms with van der Waals surface area (Å²) in [7, 11) is 1.87. The zero-order valence-electron chi connectivity index (χ0n) is 10.8. The van der Waals surface area contributed by atoms with Crippen molar-refractivity contribution in [2.75, 3.05) is 7.05 Å². The first kappa shape index (κ1) is 11.5. The molecule has 3 nitrogen and oxygen atoms in total. The van der Waals surface area contributed by atoms with Crippen LogP contribution >= 0.6 is 0 Å². The van der Waals surface area contributed by atoms with Gasteiger partial charge in [-0.1, -0.05) is 17.7 Å². The highest BCUT2D eigenvalue weighted by Gasteiger charge is 2.48. The summed E-state index contributed by atoms with van der Waals surface area (Å²) >= 11 is 0. The Balaban J connectivity index is 2.13. The van der Waals surface area contributed by atoms with Gasteiger partial charge in [0.05, 0.1) is 5.54 Å². The smallest absolute Gasteiger partial charge is 0.254 e. The van der Waals surface area contributed by atoms with Crippen LogP contribution in [0.4, 0.5) is 0 Å². The molecule has 0 bridgehead atoms. The predicted octanol–water partition coefficient (Wildman–Crippen LogP) is 2.42. The van der Waals surface area contributed by atoms with Gasteiger partial charge in [-0.25, -0.2) is 0 Å². The average Bonchev–Trinajstić information content (AvgIpc) is 2.56. The minimum atomic E-state index is -0.228. The Morgan fingerprint density at radius 3 is 2.50 bits per heavy atom. The Hall–Kier alpha value is -1.64. The molecule has 0 unspecified atom stereocenters. The Morgan fingerprint density at radius 1 is 1.17 bits per heavy atom. The lowest BCUT2D eigenvalue weighted by Crippen LogP contribution is -2.43. The van der Waals surface area contributed by atoms with Gasteiger partial charge in [0.2, 0.25) is 0 Å². The first-order valence-electron chi connectivity index (χ1n) is 6.45. The van der Waals surface area contributed by atoms with E-state index in [1.807, 2.05) is 24.9 Å². The molecule has 1 heterocycles. The van der Waals surface area contributed by atoms with Gasteiger partial charge in [-0.05, 0) is 31.4 Å². The van der Waals surface area contributed by atoms with Gasteiger partial charge in [-0.2, -0.15) is 0 Å². The second-order valence-electron chi connectivity index (χ2n) is 5.48. The molecule has 1 fully saturated rings. The first-order chi connectivity index (χ1) is 8.54. The fourth-order valence-corrected chi connectivity index (χ4v) is 3.34.